The lowest BCUT2D eigenvalue weighted by molar-refractivity contribution is 0.0601. The number of hydrogen-bond donors (Lipinski definition) is 0. The summed E-state index contributed by atoms with van der Waals surface area (Å²) in [5.74, 6) is 0.530. The summed E-state index contributed by atoms with van der Waals surface area (Å²) in [7, 11) is 1.37. The number of esters is 1. The first-order valence-corrected chi connectivity index (χ1v) is 6.50. The minimum Gasteiger partial charge on any atom is -0.465 e. The molecule has 96 valence electrons. The number of methoxy groups -OCH3 is 1. The average Bonchev–Trinajstić information content (AvgIpc) is 3.01. The van der Waals surface area contributed by atoms with Crippen molar-refractivity contribution in [2.75, 3.05) is 7.11 Å². The van der Waals surface area contributed by atoms with Gasteiger partial charge in [0.25, 0.3) is 0 Å². The maximum absolute atomic E-state index is 11.4. The van der Waals surface area contributed by atoms with Crippen molar-refractivity contribution in [3.63, 3.8) is 0 Å². The molecule has 0 saturated heterocycles. The summed E-state index contributed by atoms with van der Waals surface area (Å²) in [6.45, 7) is 1.91. The van der Waals surface area contributed by atoms with E-state index in [9.17, 15) is 4.79 Å². The number of nitrogens with zero attached hydrogens (tertiary/aromatic N) is 3. The first-order valence-electron chi connectivity index (χ1n) is 5.69. The van der Waals surface area contributed by atoms with Crippen LogP contribution in [0.2, 0.25) is 0 Å². The highest BCUT2D eigenvalue weighted by Crippen LogP contribution is 2.26. The molecule has 0 aliphatic rings. The van der Waals surface area contributed by atoms with E-state index in [2.05, 4.69) is 14.8 Å². The molecular formula is C13H11N3O2S. The van der Waals surface area contributed by atoms with Gasteiger partial charge in [-0.2, -0.15) is 5.10 Å². The van der Waals surface area contributed by atoms with E-state index in [1.807, 2.05) is 23.6 Å². The summed E-state index contributed by atoms with van der Waals surface area (Å²) in [4.78, 5) is 16.6. The third-order valence-corrected chi connectivity index (χ3v) is 3.82. The quantitative estimate of drug-likeness (QED) is 0.673. The molecule has 0 bridgehead atoms. The number of fused-ring (bicyclic) bond motifs is 1. The molecule has 2 heterocycles. The zero-order valence-electron chi connectivity index (χ0n) is 10.5. The highest BCUT2D eigenvalue weighted by atomic mass is 32.1. The molecule has 0 spiro atoms. The van der Waals surface area contributed by atoms with Crippen molar-refractivity contribution in [2.24, 2.45) is 0 Å². The van der Waals surface area contributed by atoms with Gasteiger partial charge < -0.3 is 4.74 Å². The molecule has 0 radical (unpaired) electrons. The normalized spacial score (nSPS) is 10.8. The highest BCUT2D eigenvalue weighted by molar-refractivity contribution is 7.20. The van der Waals surface area contributed by atoms with Crippen molar-refractivity contribution in [1.29, 1.82) is 0 Å². The Kier molecular flexibility index (Phi) is 2.79. The predicted octanol–water partition coefficient (Wildman–Crippen LogP) is 2.55. The third kappa shape index (κ3) is 2.00. The molecule has 0 saturated carbocycles. The second-order valence-corrected chi connectivity index (χ2v) is 5.04. The standard InChI is InChI=1S/C13H11N3O2S/c1-8-14-7-11-16(8)15-12(19-11)9-3-5-10(6-4-9)13(17)18-2/h3-7H,1-2H3. The summed E-state index contributed by atoms with van der Waals surface area (Å²) in [5.41, 5.74) is 1.51. The summed E-state index contributed by atoms with van der Waals surface area (Å²) >= 11 is 1.56. The van der Waals surface area contributed by atoms with Crippen LogP contribution in [0.1, 0.15) is 16.2 Å². The third-order valence-electron chi connectivity index (χ3n) is 2.82. The zero-order valence-corrected chi connectivity index (χ0v) is 11.3. The van der Waals surface area contributed by atoms with Crippen LogP contribution in [-0.4, -0.2) is 27.7 Å². The van der Waals surface area contributed by atoms with Crippen LogP contribution >= 0.6 is 11.3 Å². The fourth-order valence-corrected chi connectivity index (χ4v) is 2.74. The molecular weight excluding hydrogens is 262 g/mol. The van der Waals surface area contributed by atoms with Crippen LogP contribution in [0, 0.1) is 6.92 Å². The van der Waals surface area contributed by atoms with E-state index in [0.717, 1.165) is 21.2 Å². The predicted molar refractivity (Wildman–Crippen MR) is 72.4 cm³/mol. The lowest BCUT2D eigenvalue weighted by atomic mass is 10.1. The average molecular weight is 273 g/mol. The molecule has 1 aromatic carbocycles. The maximum atomic E-state index is 11.4. The van der Waals surface area contributed by atoms with Gasteiger partial charge in [0.15, 0.2) is 0 Å². The molecule has 3 aromatic rings. The molecule has 0 unspecified atom stereocenters. The second-order valence-electron chi connectivity index (χ2n) is 4.03. The largest absolute Gasteiger partial charge is 0.465 e. The van der Waals surface area contributed by atoms with Gasteiger partial charge >= 0.3 is 5.97 Å². The number of aromatic nitrogens is 3. The summed E-state index contributed by atoms with van der Waals surface area (Å²) in [6, 6.07) is 7.21. The topological polar surface area (TPSA) is 56.5 Å². The van der Waals surface area contributed by atoms with Crippen molar-refractivity contribution in [1.82, 2.24) is 14.6 Å². The summed E-state index contributed by atoms with van der Waals surface area (Å²) in [6.07, 6.45) is 1.80. The van der Waals surface area contributed by atoms with Crippen molar-refractivity contribution >= 4 is 22.1 Å². The van der Waals surface area contributed by atoms with E-state index in [-0.39, 0.29) is 5.97 Å². The van der Waals surface area contributed by atoms with E-state index >= 15 is 0 Å². The van der Waals surface area contributed by atoms with Gasteiger partial charge in [0.2, 0.25) is 0 Å². The van der Waals surface area contributed by atoms with Gasteiger partial charge in [-0.3, -0.25) is 0 Å². The van der Waals surface area contributed by atoms with Gasteiger partial charge in [-0.15, -0.1) is 0 Å². The lowest BCUT2D eigenvalue weighted by Gasteiger charge is -1.99. The summed E-state index contributed by atoms with van der Waals surface area (Å²) in [5, 5.41) is 5.39. The molecule has 0 N–H and O–H groups in total. The van der Waals surface area contributed by atoms with E-state index in [1.54, 1.807) is 29.7 Å². The fraction of sp³-hybridized carbons (Fsp3) is 0.154. The minimum absolute atomic E-state index is 0.334. The molecule has 0 aliphatic carbocycles. The molecule has 5 nitrogen and oxygen atoms in total. The zero-order chi connectivity index (χ0) is 13.4. The van der Waals surface area contributed by atoms with Gasteiger partial charge in [-0.25, -0.2) is 14.3 Å². The van der Waals surface area contributed by atoms with E-state index < -0.39 is 0 Å². The monoisotopic (exact) mass is 273 g/mol. The lowest BCUT2D eigenvalue weighted by Crippen LogP contribution is -2.00. The maximum Gasteiger partial charge on any atom is 0.337 e. The van der Waals surface area contributed by atoms with Gasteiger partial charge in [0.1, 0.15) is 15.7 Å². The highest BCUT2D eigenvalue weighted by Gasteiger charge is 2.10. The fourth-order valence-electron chi connectivity index (χ4n) is 1.80. The van der Waals surface area contributed by atoms with Gasteiger partial charge in [0.05, 0.1) is 18.9 Å². The number of imidazole rings is 1. The van der Waals surface area contributed by atoms with Crippen molar-refractivity contribution in [2.45, 2.75) is 6.92 Å². The number of hydrogen-bond acceptors (Lipinski definition) is 5. The van der Waals surface area contributed by atoms with E-state index in [1.165, 1.54) is 7.11 Å². The van der Waals surface area contributed by atoms with Gasteiger partial charge in [-0.05, 0) is 19.1 Å². The summed E-state index contributed by atoms with van der Waals surface area (Å²) < 4.78 is 6.48. The molecule has 19 heavy (non-hydrogen) atoms. The molecule has 0 aliphatic heterocycles. The Labute approximate surface area is 113 Å². The van der Waals surface area contributed by atoms with Crippen LogP contribution in [0.25, 0.3) is 15.4 Å². The Hall–Kier alpha value is -2.21. The Bertz CT molecular complexity index is 743. The van der Waals surface area contributed by atoms with E-state index in [4.69, 9.17) is 0 Å². The molecule has 2 aromatic heterocycles. The Morgan fingerprint density at radius 1 is 1.32 bits per heavy atom. The van der Waals surface area contributed by atoms with Crippen LogP contribution in [0.15, 0.2) is 30.5 Å². The van der Waals surface area contributed by atoms with Crippen molar-refractivity contribution in [3.8, 4) is 10.6 Å². The molecule has 0 amide bonds. The molecule has 3 rings (SSSR count). The number of aryl methyl sites for hydroxylation is 1. The molecule has 6 heteroatoms. The van der Waals surface area contributed by atoms with Gasteiger partial charge in [-0.1, -0.05) is 23.5 Å². The minimum atomic E-state index is -0.334. The number of ether oxygens (including phenoxy) is 1. The number of benzene rings is 1. The van der Waals surface area contributed by atoms with Crippen LogP contribution < -0.4 is 0 Å². The van der Waals surface area contributed by atoms with Crippen LogP contribution in [0.3, 0.4) is 0 Å². The molecule has 0 atom stereocenters. The number of carbonyl (C=O) groups excluding carboxylic acids is 1. The smallest absolute Gasteiger partial charge is 0.337 e. The van der Waals surface area contributed by atoms with Gasteiger partial charge in [0, 0.05) is 5.56 Å². The Morgan fingerprint density at radius 2 is 2.05 bits per heavy atom. The van der Waals surface area contributed by atoms with E-state index in [0.29, 0.717) is 5.56 Å². The van der Waals surface area contributed by atoms with Crippen molar-refractivity contribution in [3.05, 3.63) is 41.9 Å². The number of carbonyl (C=O) groups is 1. The Balaban J connectivity index is 1.99. The van der Waals surface area contributed by atoms with Crippen LogP contribution in [0.4, 0.5) is 0 Å². The van der Waals surface area contributed by atoms with Crippen LogP contribution in [0.5, 0.6) is 0 Å². The van der Waals surface area contributed by atoms with Crippen LogP contribution in [-0.2, 0) is 4.74 Å². The number of rotatable bonds is 2. The second kappa shape index (κ2) is 4.47. The first-order chi connectivity index (χ1) is 9.19. The van der Waals surface area contributed by atoms with Crippen molar-refractivity contribution < 1.29 is 9.53 Å². The Morgan fingerprint density at radius 3 is 2.68 bits per heavy atom. The molecule has 0 fully saturated rings. The first kappa shape index (κ1) is 11.9. The SMILES string of the molecule is COC(=O)c1ccc(-c2nn3c(C)ncc3s2)cc1.